The molecule has 0 bridgehead atoms. The number of carbonyl (C=O) groups excluding carboxylic acids is 1. The highest BCUT2D eigenvalue weighted by Gasteiger charge is 2.20. The molecule has 39 heavy (non-hydrogen) atoms. The van der Waals surface area contributed by atoms with Gasteiger partial charge in [-0.15, -0.1) is 0 Å². The second kappa shape index (κ2) is 10.9. The number of anilines is 3. The van der Waals surface area contributed by atoms with Crippen molar-refractivity contribution in [3.8, 4) is 11.1 Å². The molecule has 6 rings (SSSR count). The molecule has 0 atom stereocenters. The number of amides is 1. The van der Waals surface area contributed by atoms with Crippen LogP contribution in [0.4, 0.5) is 17.3 Å². The molecule has 1 fully saturated rings. The average molecular weight is 516 g/mol. The molecule has 3 heterocycles. The Morgan fingerprint density at radius 1 is 0.769 bits per heavy atom. The van der Waals surface area contributed by atoms with Crippen LogP contribution in [0.1, 0.15) is 11.1 Å². The molecule has 0 unspecified atom stereocenters. The van der Waals surface area contributed by atoms with E-state index in [2.05, 4.69) is 42.2 Å². The number of aromatic nitrogens is 4. The van der Waals surface area contributed by atoms with Crippen LogP contribution in [0.25, 0.3) is 22.2 Å². The van der Waals surface area contributed by atoms with Gasteiger partial charge in [0.1, 0.15) is 11.6 Å². The second-order valence-corrected chi connectivity index (χ2v) is 9.76. The van der Waals surface area contributed by atoms with E-state index in [0.29, 0.717) is 6.42 Å². The number of carbonyl (C=O) groups is 1. The zero-order chi connectivity index (χ0) is 26.6. The molecule has 0 saturated carbocycles. The van der Waals surface area contributed by atoms with Gasteiger partial charge >= 0.3 is 0 Å². The molecular formula is C31H29N7O. The zero-order valence-electron chi connectivity index (χ0n) is 21.8. The Bertz CT molecular complexity index is 1580. The van der Waals surface area contributed by atoms with Gasteiger partial charge in [0.15, 0.2) is 0 Å². The smallest absolute Gasteiger partial charge is 0.228 e. The number of aryl methyl sites for hydroxylation is 1. The predicted octanol–water partition coefficient (Wildman–Crippen LogP) is 4.90. The Morgan fingerprint density at radius 2 is 1.49 bits per heavy atom. The summed E-state index contributed by atoms with van der Waals surface area (Å²) in [4.78, 5) is 35.2. The minimum Gasteiger partial charge on any atom is -0.352 e. The summed E-state index contributed by atoms with van der Waals surface area (Å²) < 4.78 is 0. The molecule has 1 saturated heterocycles. The van der Waals surface area contributed by atoms with Gasteiger partial charge in [-0.3, -0.25) is 14.8 Å². The minimum absolute atomic E-state index is 0.0300. The number of piperazine rings is 1. The molecule has 8 nitrogen and oxygen atoms in total. The number of hydrogen-bond donors (Lipinski definition) is 1. The van der Waals surface area contributed by atoms with Crippen LogP contribution in [0, 0.1) is 6.92 Å². The van der Waals surface area contributed by atoms with E-state index >= 15 is 0 Å². The fourth-order valence-electron chi connectivity index (χ4n) is 4.80. The lowest BCUT2D eigenvalue weighted by Crippen LogP contribution is -2.47. The van der Waals surface area contributed by atoms with E-state index < -0.39 is 0 Å². The van der Waals surface area contributed by atoms with Gasteiger partial charge in [-0.2, -0.15) is 0 Å². The maximum absolute atomic E-state index is 12.5. The number of nitrogens with zero attached hydrogens (tertiary/aromatic N) is 6. The van der Waals surface area contributed by atoms with Crippen LogP contribution in [-0.4, -0.2) is 52.0 Å². The largest absolute Gasteiger partial charge is 0.352 e. The molecule has 0 spiro atoms. The van der Waals surface area contributed by atoms with Crippen LogP contribution in [0.5, 0.6) is 0 Å². The SMILES string of the molecule is Cc1ccc(CC(=O)Nc2ccc(-c3ccc4ncc(N5CCN(c6cnccn6)CC5)nc4c3)cc2)cc1. The van der Waals surface area contributed by atoms with E-state index in [4.69, 9.17) is 4.98 Å². The van der Waals surface area contributed by atoms with Gasteiger partial charge < -0.3 is 15.1 Å². The lowest BCUT2D eigenvalue weighted by atomic mass is 10.0. The maximum atomic E-state index is 12.5. The third-order valence-corrected chi connectivity index (χ3v) is 6.99. The summed E-state index contributed by atoms with van der Waals surface area (Å²) in [5.74, 6) is 1.76. The van der Waals surface area contributed by atoms with Crippen LogP contribution >= 0.6 is 0 Å². The van der Waals surface area contributed by atoms with Gasteiger partial charge in [-0.25, -0.2) is 9.97 Å². The lowest BCUT2D eigenvalue weighted by molar-refractivity contribution is -0.115. The first kappa shape index (κ1) is 24.5. The van der Waals surface area contributed by atoms with E-state index in [9.17, 15) is 4.79 Å². The van der Waals surface area contributed by atoms with Crippen LogP contribution in [-0.2, 0) is 11.2 Å². The number of rotatable bonds is 6. The molecule has 5 aromatic rings. The molecule has 0 aliphatic carbocycles. The van der Waals surface area contributed by atoms with Crippen molar-refractivity contribution < 1.29 is 4.79 Å². The number of nitrogens with one attached hydrogen (secondary N) is 1. The Hall–Kier alpha value is -4.85. The minimum atomic E-state index is -0.0300. The van der Waals surface area contributed by atoms with Crippen LogP contribution in [0.2, 0.25) is 0 Å². The molecule has 8 heteroatoms. The summed E-state index contributed by atoms with van der Waals surface area (Å²) in [6, 6.07) is 22.1. The third kappa shape index (κ3) is 5.70. The first-order valence-corrected chi connectivity index (χ1v) is 13.1. The quantitative estimate of drug-likeness (QED) is 0.344. The molecule has 3 aromatic carbocycles. The van der Waals surface area contributed by atoms with Gasteiger partial charge in [-0.1, -0.05) is 48.0 Å². The second-order valence-electron chi connectivity index (χ2n) is 9.76. The van der Waals surface area contributed by atoms with E-state index in [-0.39, 0.29) is 5.91 Å². The van der Waals surface area contributed by atoms with Crippen molar-refractivity contribution in [2.45, 2.75) is 13.3 Å². The normalized spacial score (nSPS) is 13.5. The summed E-state index contributed by atoms with van der Waals surface area (Å²) in [7, 11) is 0. The number of benzene rings is 3. The summed E-state index contributed by atoms with van der Waals surface area (Å²) in [6.07, 6.45) is 7.43. The Kier molecular flexibility index (Phi) is 6.82. The van der Waals surface area contributed by atoms with Gasteiger partial charge in [0, 0.05) is 44.3 Å². The zero-order valence-corrected chi connectivity index (χ0v) is 21.8. The van der Waals surface area contributed by atoms with Crippen molar-refractivity contribution in [2.75, 3.05) is 41.3 Å². The third-order valence-electron chi connectivity index (χ3n) is 6.99. The Labute approximate surface area is 227 Å². The van der Waals surface area contributed by atoms with Crippen LogP contribution < -0.4 is 15.1 Å². The predicted molar refractivity (Wildman–Crippen MR) is 155 cm³/mol. The topological polar surface area (TPSA) is 87.1 Å². The summed E-state index contributed by atoms with van der Waals surface area (Å²) in [5.41, 5.74) is 6.79. The highest BCUT2D eigenvalue weighted by Crippen LogP contribution is 2.26. The molecule has 2 aromatic heterocycles. The molecule has 0 radical (unpaired) electrons. The lowest BCUT2D eigenvalue weighted by Gasteiger charge is -2.35. The van der Waals surface area contributed by atoms with Gasteiger partial charge in [-0.05, 0) is 47.9 Å². The first-order chi connectivity index (χ1) is 19.1. The van der Waals surface area contributed by atoms with E-state index in [1.54, 1.807) is 18.6 Å². The van der Waals surface area contributed by atoms with E-state index in [1.807, 2.05) is 67.7 Å². The van der Waals surface area contributed by atoms with Gasteiger partial charge in [0.2, 0.25) is 5.91 Å². The van der Waals surface area contributed by atoms with Gasteiger partial charge in [0.05, 0.1) is 29.8 Å². The van der Waals surface area contributed by atoms with Crippen molar-refractivity contribution in [1.29, 1.82) is 0 Å². The van der Waals surface area contributed by atoms with E-state index in [1.165, 1.54) is 5.56 Å². The molecule has 1 aliphatic rings. The summed E-state index contributed by atoms with van der Waals surface area (Å²) in [5, 5.41) is 2.99. The van der Waals surface area contributed by atoms with Crippen molar-refractivity contribution in [3.05, 3.63) is 103 Å². The highest BCUT2D eigenvalue weighted by molar-refractivity contribution is 5.92. The van der Waals surface area contributed by atoms with E-state index in [0.717, 1.165) is 71.2 Å². The number of fused-ring (bicyclic) bond motifs is 1. The summed E-state index contributed by atoms with van der Waals surface area (Å²) in [6.45, 7) is 5.43. The standard InChI is InChI=1S/C31H29N7O/c1-22-2-4-23(5-3-22)18-31(39)35-26-9-6-24(7-10-26)25-8-11-27-28(19-25)36-30(21-34-27)38-16-14-37(15-17-38)29-20-32-12-13-33-29/h2-13,19-21H,14-18H2,1H3,(H,35,39). The number of hydrogen-bond acceptors (Lipinski definition) is 7. The molecule has 1 N–H and O–H groups in total. The summed E-state index contributed by atoms with van der Waals surface area (Å²) >= 11 is 0. The van der Waals surface area contributed by atoms with Gasteiger partial charge in [0.25, 0.3) is 0 Å². The first-order valence-electron chi connectivity index (χ1n) is 13.1. The Morgan fingerprint density at radius 3 is 2.21 bits per heavy atom. The van der Waals surface area contributed by atoms with Crippen molar-refractivity contribution in [1.82, 2.24) is 19.9 Å². The fraction of sp³-hybridized carbons (Fsp3) is 0.194. The highest BCUT2D eigenvalue weighted by atomic mass is 16.1. The van der Waals surface area contributed by atoms with Crippen LogP contribution in [0.15, 0.2) is 91.5 Å². The average Bonchev–Trinajstić information content (AvgIpc) is 2.99. The van der Waals surface area contributed by atoms with Crippen molar-refractivity contribution >= 4 is 34.3 Å². The molecule has 1 aliphatic heterocycles. The van der Waals surface area contributed by atoms with Crippen LogP contribution in [0.3, 0.4) is 0 Å². The monoisotopic (exact) mass is 515 g/mol. The molecule has 1 amide bonds. The van der Waals surface area contributed by atoms with Crippen molar-refractivity contribution in [2.24, 2.45) is 0 Å². The fourth-order valence-corrected chi connectivity index (χ4v) is 4.80. The molecule has 194 valence electrons. The molecular weight excluding hydrogens is 486 g/mol. The Balaban J connectivity index is 1.12. The maximum Gasteiger partial charge on any atom is 0.228 e. The van der Waals surface area contributed by atoms with Crippen molar-refractivity contribution in [3.63, 3.8) is 0 Å².